The minimum Gasteiger partial charge on any atom is -0.364 e. The molecule has 7 heteroatoms. The summed E-state index contributed by atoms with van der Waals surface area (Å²) in [6.07, 6.45) is 1.50. The van der Waals surface area contributed by atoms with E-state index in [2.05, 4.69) is 20.7 Å². The van der Waals surface area contributed by atoms with Gasteiger partial charge in [-0.3, -0.25) is 9.89 Å². The second-order valence-corrected chi connectivity index (χ2v) is 4.14. The fraction of sp³-hybridized carbons (Fsp3) is 0.364. The number of rotatable bonds is 4. The van der Waals surface area contributed by atoms with Gasteiger partial charge < -0.3 is 14.7 Å². The highest BCUT2D eigenvalue weighted by molar-refractivity contribution is 5.98. The van der Waals surface area contributed by atoms with E-state index in [0.717, 1.165) is 11.5 Å². The van der Waals surface area contributed by atoms with Crippen molar-refractivity contribution in [3.8, 4) is 0 Å². The SMILES string of the molecule is Cc1cc(CNc2[nH]ncc2C(=O)N(C)C)no1. The Morgan fingerprint density at radius 3 is 2.94 bits per heavy atom. The fourth-order valence-corrected chi connectivity index (χ4v) is 1.50. The summed E-state index contributed by atoms with van der Waals surface area (Å²) in [6, 6.07) is 1.83. The Kier molecular flexibility index (Phi) is 3.31. The Hall–Kier alpha value is -2.31. The molecule has 2 rings (SSSR count). The molecule has 0 atom stereocenters. The third-order valence-corrected chi connectivity index (χ3v) is 2.40. The molecule has 2 aromatic rings. The molecule has 0 saturated carbocycles. The summed E-state index contributed by atoms with van der Waals surface area (Å²) >= 11 is 0. The van der Waals surface area contributed by atoms with Crippen LogP contribution < -0.4 is 5.32 Å². The standard InChI is InChI=1S/C11H15N5O2/c1-7-4-8(15-18-7)5-12-10-9(6-13-14-10)11(17)16(2)3/h4,6H,5H2,1-3H3,(H2,12,13,14). The second-order valence-electron chi connectivity index (χ2n) is 4.14. The van der Waals surface area contributed by atoms with E-state index in [1.807, 2.05) is 13.0 Å². The van der Waals surface area contributed by atoms with E-state index in [0.29, 0.717) is 17.9 Å². The van der Waals surface area contributed by atoms with Crippen molar-refractivity contribution in [1.29, 1.82) is 0 Å². The fourth-order valence-electron chi connectivity index (χ4n) is 1.50. The first-order chi connectivity index (χ1) is 8.58. The minimum atomic E-state index is -0.109. The number of carbonyl (C=O) groups excluding carboxylic acids is 1. The van der Waals surface area contributed by atoms with Crippen molar-refractivity contribution in [1.82, 2.24) is 20.3 Å². The molecule has 96 valence electrons. The largest absolute Gasteiger partial charge is 0.364 e. The van der Waals surface area contributed by atoms with Crippen molar-refractivity contribution in [2.45, 2.75) is 13.5 Å². The van der Waals surface area contributed by atoms with E-state index in [1.165, 1.54) is 11.1 Å². The maximum atomic E-state index is 11.8. The van der Waals surface area contributed by atoms with Crippen LogP contribution in [0.15, 0.2) is 16.8 Å². The van der Waals surface area contributed by atoms with Crippen LogP contribution in [0, 0.1) is 6.92 Å². The second kappa shape index (κ2) is 4.91. The number of carbonyl (C=O) groups is 1. The van der Waals surface area contributed by atoms with Gasteiger partial charge in [-0.1, -0.05) is 5.16 Å². The number of aryl methyl sites for hydroxylation is 1. The molecule has 2 aromatic heterocycles. The van der Waals surface area contributed by atoms with Gasteiger partial charge in [-0.25, -0.2) is 0 Å². The van der Waals surface area contributed by atoms with Gasteiger partial charge in [0.1, 0.15) is 22.8 Å². The highest BCUT2D eigenvalue weighted by Gasteiger charge is 2.15. The third kappa shape index (κ3) is 2.50. The predicted octanol–water partition coefficient (Wildman–Crippen LogP) is 1.02. The van der Waals surface area contributed by atoms with Gasteiger partial charge in [0.2, 0.25) is 0 Å². The first-order valence-corrected chi connectivity index (χ1v) is 5.49. The zero-order valence-electron chi connectivity index (χ0n) is 10.5. The van der Waals surface area contributed by atoms with E-state index in [4.69, 9.17) is 4.52 Å². The monoisotopic (exact) mass is 249 g/mol. The molecule has 0 unspecified atom stereocenters. The van der Waals surface area contributed by atoms with Gasteiger partial charge in [-0.2, -0.15) is 5.10 Å². The highest BCUT2D eigenvalue weighted by atomic mass is 16.5. The van der Waals surface area contributed by atoms with E-state index < -0.39 is 0 Å². The van der Waals surface area contributed by atoms with Crippen LogP contribution in [-0.2, 0) is 6.54 Å². The molecule has 1 amide bonds. The minimum absolute atomic E-state index is 0.109. The molecule has 0 saturated heterocycles. The number of hydrogen-bond acceptors (Lipinski definition) is 5. The number of nitrogens with zero attached hydrogens (tertiary/aromatic N) is 3. The van der Waals surface area contributed by atoms with Gasteiger partial charge in [-0.05, 0) is 6.92 Å². The lowest BCUT2D eigenvalue weighted by atomic mass is 10.3. The van der Waals surface area contributed by atoms with Gasteiger partial charge in [0.25, 0.3) is 5.91 Å². The highest BCUT2D eigenvalue weighted by Crippen LogP contribution is 2.14. The van der Waals surface area contributed by atoms with Crippen molar-refractivity contribution in [3.63, 3.8) is 0 Å². The lowest BCUT2D eigenvalue weighted by molar-refractivity contribution is 0.0828. The smallest absolute Gasteiger partial charge is 0.258 e. The summed E-state index contributed by atoms with van der Waals surface area (Å²) in [6.45, 7) is 2.29. The van der Waals surface area contributed by atoms with E-state index in [1.54, 1.807) is 14.1 Å². The molecule has 0 fully saturated rings. The van der Waals surface area contributed by atoms with Crippen LogP contribution in [0.4, 0.5) is 5.82 Å². The van der Waals surface area contributed by atoms with E-state index in [-0.39, 0.29) is 5.91 Å². The summed E-state index contributed by atoms with van der Waals surface area (Å²) in [4.78, 5) is 13.3. The Morgan fingerprint density at radius 1 is 1.56 bits per heavy atom. The molecule has 7 nitrogen and oxygen atoms in total. The molecule has 2 N–H and O–H groups in total. The van der Waals surface area contributed by atoms with Crippen molar-refractivity contribution in [2.75, 3.05) is 19.4 Å². The van der Waals surface area contributed by atoms with Gasteiger partial charge in [0, 0.05) is 20.2 Å². The summed E-state index contributed by atoms with van der Waals surface area (Å²) in [5, 5.41) is 13.5. The molecule has 0 radical (unpaired) electrons. The molecule has 0 aliphatic heterocycles. The molecule has 0 spiro atoms. The van der Waals surface area contributed by atoms with Gasteiger partial charge in [-0.15, -0.1) is 0 Å². The van der Waals surface area contributed by atoms with Crippen LogP contribution >= 0.6 is 0 Å². The average molecular weight is 249 g/mol. The first-order valence-electron chi connectivity index (χ1n) is 5.49. The van der Waals surface area contributed by atoms with Crippen molar-refractivity contribution < 1.29 is 9.32 Å². The lowest BCUT2D eigenvalue weighted by Crippen LogP contribution is -2.22. The number of nitrogens with one attached hydrogen (secondary N) is 2. The van der Waals surface area contributed by atoms with Crippen LogP contribution in [0.25, 0.3) is 0 Å². The summed E-state index contributed by atoms with van der Waals surface area (Å²) < 4.78 is 4.96. The molecule has 0 aliphatic carbocycles. The maximum absolute atomic E-state index is 11.8. The first kappa shape index (κ1) is 12.2. The van der Waals surface area contributed by atoms with Crippen LogP contribution in [0.1, 0.15) is 21.8 Å². The number of aromatic nitrogens is 3. The molecule has 2 heterocycles. The molecule has 0 aliphatic rings. The van der Waals surface area contributed by atoms with Crippen LogP contribution in [0.5, 0.6) is 0 Å². The Bertz CT molecular complexity index is 543. The van der Waals surface area contributed by atoms with Crippen LogP contribution in [0.2, 0.25) is 0 Å². The molecular weight excluding hydrogens is 234 g/mol. The average Bonchev–Trinajstić information content (AvgIpc) is 2.93. The number of anilines is 1. The number of hydrogen-bond donors (Lipinski definition) is 2. The van der Waals surface area contributed by atoms with Crippen LogP contribution in [-0.4, -0.2) is 40.3 Å². The quantitative estimate of drug-likeness (QED) is 0.844. The third-order valence-electron chi connectivity index (χ3n) is 2.40. The molecular formula is C11H15N5O2. The normalized spacial score (nSPS) is 10.4. The van der Waals surface area contributed by atoms with Gasteiger partial charge in [0.15, 0.2) is 0 Å². The molecule has 0 bridgehead atoms. The van der Waals surface area contributed by atoms with Gasteiger partial charge in [0.05, 0.1) is 12.7 Å². The van der Waals surface area contributed by atoms with E-state index >= 15 is 0 Å². The zero-order valence-corrected chi connectivity index (χ0v) is 10.5. The zero-order chi connectivity index (χ0) is 13.1. The van der Waals surface area contributed by atoms with Crippen molar-refractivity contribution in [3.05, 3.63) is 29.3 Å². The van der Waals surface area contributed by atoms with Crippen LogP contribution in [0.3, 0.4) is 0 Å². The van der Waals surface area contributed by atoms with E-state index in [9.17, 15) is 4.79 Å². The predicted molar refractivity (Wildman–Crippen MR) is 65.2 cm³/mol. The topological polar surface area (TPSA) is 87.0 Å². The maximum Gasteiger partial charge on any atom is 0.258 e. The molecule has 18 heavy (non-hydrogen) atoms. The number of aromatic amines is 1. The lowest BCUT2D eigenvalue weighted by Gasteiger charge is -2.10. The Balaban J connectivity index is 2.06. The summed E-state index contributed by atoms with van der Waals surface area (Å²) in [7, 11) is 3.39. The summed E-state index contributed by atoms with van der Waals surface area (Å²) in [5.41, 5.74) is 1.27. The Morgan fingerprint density at radius 2 is 2.33 bits per heavy atom. The van der Waals surface area contributed by atoms with Crippen molar-refractivity contribution in [2.24, 2.45) is 0 Å². The number of amides is 1. The van der Waals surface area contributed by atoms with Gasteiger partial charge >= 0.3 is 0 Å². The summed E-state index contributed by atoms with van der Waals surface area (Å²) in [5.74, 6) is 1.22. The van der Waals surface area contributed by atoms with Crippen molar-refractivity contribution >= 4 is 11.7 Å². The Labute approximate surface area is 104 Å². The number of H-pyrrole nitrogens is 1. The molecule has 0 aromatic carbocycles.